The van der Waals surface area contributed by atoms with Crippen LogP contribution in [0.3, 0.4) is 0 Å². The molecule has 1 heterocycles. The highest BCUT2D eigenvalue weighted by molar-refractivity contribution is 9.10. The molecule has 118 valence electrons. The summed E-state index contributed by atoms with van der Waals surface area (Å²) in [5.74, 6) is -3.65. The normalized spacial score (nSPS) is 9.68. The van der Waals surface area contributed by atoms with Crippen molar-refractivity contribution in [3.05, 3.63) is 56.7 Å². The Morgan fingerprint density at radius 2 is 1.77 bits per heavy atom. The van der Waals surface area contributed by atoms with Gasteiger partial charge in [0.1, 0.15) is 0 Å². The van der Waals surface area contributed by atoms with E-state index in [0.29, 0.717) is 0 Å². The number of carboxylic acid groups (broad SMARTS) is 2. The van der Waals surface area contributed by atoms with Gasteiger partial charge in [-0.05, 0) is 40.5 Å². The maximum absolute atomic E-state index is 9.10. The highest BCUT2D eigenvalue weighted by atomic mass is 79.9. The van der Waals surface area contributed by atoms with E-state index in [4.69, 9.17) is 19.8 Å². The quantitative estimate of drug-likeness (QED) is 0.543. The first kappa shape index (κ1) is 18.3. The van der Waals surface area contributed by atoms with Gasteiger partial charge < -0.3 is 15.5 Å². The molecule has 0 aliphatic heterocycles. The van der Waals surface area contributed by atoms with Gasteiger partial charge in [0, 0.05) is 21.3 Å². The average molecular weight is 386 g/mol. The van der Waals surface area contributed by atoms with Crippen molar-refractivity contribution >= 4 is 39.2 Å². The van der Waals surface area contributed by atoms with Crippen molar-refractivity contribution in [1.82, 2.24) is 5.32 Å². The summed E-state index contributed by atoms with van der Waals surface area (Å²) in [6.45, 7) is 1.99. The first-order valence-electron chi connectivity index (χ1n) is 6.43. The van der Waals surface area contributed by atoms with E-state index in [1.807, 2.05) is 0 Å². The van der Waals surface area contributed by atoms with Crippen LogP contribution in [0.5, 0.6) is 0 Å². The summed E-state index contributed by atoms with van der Waals surface area (Å²) < 4.78 is 1.18. The molecule has 7 heteroatoms. The molecule has 0 saturated heterocycles. The standard InChI is InChI=1S/C13H14BrNS.C2H2O4/c14-12-8-13(16-10-12)9-15-7-6-11-4-2-1-3-5-11;3-1(4)2(5)6/h1-5,8,10,15H,6-7,9H2;(H,3,4)(H,5,6). The van der Waals surface area contributed by atoms with Gasteiger partial charge in [0.15, 0.2) is 0 Å². The van der Waals surface area contributed by atoms with Crippen molar-refractivity contribution in [3.63, 3.8) is 0 Å². The van der Waals surface area contributed by atoms with E-state index in [9.17, 15) is 0 Å². The second-order valence-electron chi connectivity index (χ2n) is 4.25. The molecular weight excluding hydrogens is 370 g/mol. The third-order valence-electron chi connectivity index (χ3n) is 2.54. The van der Waals surface area contributed by atoms with E-state index in [2.05, 4.69) is 63.0 Å². The number of aliphatic carboxylic acids is 2. The second-order valence-corrected chi connectivity index (χ2v) is 6.17. The zero-order valence-corrected chi connectivity index (χ0v) is 14.1. The Bertz CT molecular complexity index is 589. The largest absolute Gasteiger partial charge is 0.473 e. The maximum atomic E-state index is 9.10. The van der Waals surface area contributed by atoms with Crippen molar-refractivity contribution in [2.24, 2.45) is 0 Å². The fourth-order valence-corrected chi connectivity index (χ4v) is 2.96. The summed E-state index contributed by atoms with van der Waals surface area (Å²) in [6.07, 6.45) is 1.09. The van der Waals surface area contributed by atoms with E-state index >= 15 is 0 Å². The van der Waals surface area contributed by atoms with E-state index < -0.39 is 11.9 Å². The number of rotatable bonds is 5. The smallest absolute Gasteiger partial charge is 0.414 e. The van der Waals surface area contributed by atoms with Crippen molar-refractivity contribution < 1.29 is 19.8 Å². The summed E-state index contributed by atoms with van der Waals surface area (Å²) in [7, 11) is 0. The Labute approximate surface area is 140 Å². The first-order valence-corrected chi connectivity index (χ1v) is 8.10. The van der Waals surface area contributed by atoms with E-state index in [0.717, 1.165) is 19.5 Å². The minimum Gasteiger partial charge on any atom is -0.473 e. The molecule has 0 amide bonds. The molecule has 0 atom stereocenters. The third kappa shape index (κ3) is 7.92. The molecule has 0 unspecified atom stereocenters. The molecule has 2 aromatic rings. The number of halogens is 1. The van der Waals surface area contributed by atoms with Crippen LogP contribution in [0.15, 0.2) is 46.3 Å². The molecule has 0 bridgehead atoms. The third-order valence-corrected chi connectivity index (χ3v) is 4.23. The van der Waals surface area contributed by atoms with Crippen molar-refractivity contribution in [2.45, 2.75) is 13.0 Å². The van der Waals surface area contributed by atoms with Crippen LogP contribution in [-0.2, 0) is 22.6 Å². The highest BCUT2D eigenvalue weighted by Crippen LogP contribution is 2.19. The predicted molar refractivity (Wildman–Crippen MR) is 89.1 cm³/mol. The Kier molecular flexibility index (Phi) is 8.42. The van der Waals surface area contributed by atoms with Crippen LogP contribution in [0.25, 0.3) is 0 Å². The molecule has 0 aliphatic rings. The van der Waals surface area contributed by atoms with Crippen LogP contribution in [0.4, 0.5) is 0 Å². The number of nitrogens with one attached hydrogen (secondary N) is 1. The molecule has 5 nitrogen and oxygen atoms in total. The van der Waals surface area contributed by atoms with Crippen molar-refractivity contribution in [1.29, 1.82) is 0 Å². The molecule has 0 saturated carbocycles. The van der Waals surface area contributed by atoms with E-state index in [-0.39, 0.29) is 0 Å². The lowest BCUT2D eigenvalue weighted by atomic mass is 10.1. The minimum absolute atomic E-state index is 0.961. The summed E-state index contributed by atoms with van der Waals surface area (Å²) in [6, 6.07) is 12.7. The lowest BCUT2D eigenvalue weighted by molar-refractivity contribution is -0.159. The summed E-state index contributed by atoms with van der Waals surface area (Å²) in [4.78, 5) is 19.6. The van der Waals surface area contributed by atoms with Gasteiger partial charge in [-0.1, -0.05) is 30.3 Å². The Morgan fingerprint density at radius 1 is 1.14 bits per heavy atom. The monoisotopic (exact) mass is 385 g/mol. The predicted octanol–water partition coefficient (Wildman–Crippen LogP) is 3.00. The fraction of sp³-hybridized carbons (Fsp3) is 0.200. The van der Waals surface area contributed by atoms with Crippen LogP contribution in [0, 0.1) is 0 Å². The van der Waals surface area contributed by atoms with E-state index in [1.165, 1.54) is 14.9 Å². The number of hydrogen-bond donors (Lipinski definition) is 3. The lowest BCUT2D eigenvalue weighted by Crippen LogP contribution is -2.15. The molecule has 0 fully saturated rings. The minimum atomic E-state index is -1.82. The molecule has 0 aliphatic carbocycles. The fourth-order valence-electron chi connectivity index (χ4n) is 1.54. The highest BCUT2D eigenvalue weighted by Gasteiger charge is 2.04. The molecule has 0 spiro atoms. The summed E-state index contributed by atoms with van der Waals surface area (Å²) in [5, 5.41) is 20.4. The molecule has 1 aromatic carbocycles. The molecule has 22 heavy (non-hydrogen) atoms. The number of thiophene rings is 1. The Balaban J connectivity index is 0.000000346. The van der Waals surface area contributed by atoms with Gasteiger partial charge in [0.05, 0.1) is 0 Å². The van der Waals surface area contributed by atoms with Gasteiger partial charge in [-0.15, -0.1) is 11.3 Å². The molecule has 0 radical (unpaired) electrons. The zero-order valence-electron chi connectivity index (χ0n) is 11.7. The van der Waals surface area contributed by atoms with E-state index in [1.54, 1.807) is 11.3 Å². The SMILES string of the molecule is Brc1csc(CNCCc2ccccc2)c1.O=C(O)C(=O)O. The second kappa shape index (κ2) is 10.1. The van der Waals surface area contributed by atoms with Crippen LogP contribution in [0.1, 0.15) is 10.4 Å². The topological polar surface area (TPSA) is 86.6 Å². The lowest BCUT2D eigenvalue weighted by Gasteiger charge is -2.03. The van der Waals surface area contributed by atoms with Crippen LogP contribution in [-0.4, -0.2) is 28.7 Å². The van der Waals surface area contributed by atoms with Gasteiger partial charge in [-0.25, -0.2) is 9.59 Å². The summed E-state index contributed by atoms with van der Waals surface area (Å²) >= 11 is 5.25. The van der Waals surface area contributed by atoms with Gasteiger partial charge in [-0.3, -0.25) is 0 Å². The molecule has 3 N–H and O–H groups in total. The van der Waals surface area contributed by atoms with Crippen LogP contribution in [0.2, 0.25) is 0 Å². The average Bonchev–Trinajstić information content (AvgIpc) is 2.91. The zero-order chi connectivity index (χ0) is 16.4. The molecular formula is C15H16BrNO4S. The Hall–Kier alpha value is -1.70. The van der Waals surface area contributed by atoms with Crippen molar-refractivity contribution in [2.75, 3.05) is 6.54 Å². The Morgan fingerprint density at radius 3 is 2.27 bits per heavy atom. The number of benzene rings is 1. The first-order chi connectivity index (χ1) is 10.5. The number of carbonyl (C=O) groups is 2. The van der Waals surface area contributed by atoms with Crippen LogP contribution < -0.4 is 5.32 Å². The number of carboxylic acids is 2. The number of hydrogen-bond acceptors (Lipinski definition) is 4. The summed E-state index contributed by atoms with van der Waals surface area (Å²) in [5.41, 5.74) is 1.39. The van der Waals surface area contributed by atoms with Crippen molar-refractivity contribution in [3.8, 4) is 0 Å². The molecule has 1 aromatic heterocycles. The van der Waals surface area contributed by atoms with Crippen LogP contribution >= 0.6 is 27.3 Å². The van der Waals surface area contributed by atoms with Gasteiger partial charge >= 0.3 is 11.9 Å². The molecule has 2 rings (SSSR count). The van der Waals surface area contributed by atoms with Gasteiger partial charge in [0.2, 0.25) is 0 Å². The van der Waals surface area contributed by atoms with Gasteiger partial charge in [-0.2, -0.15) is 0 Å². The van der Waals surface area contributed by atoms with Gasteiger partial charge in [0.25, 0.3) is 0 Å². The maximum Gasteiger partial charge on any atom is 0.414 e.